The minimum Gasteiger partial charge on any atom is -0.265 e. The van der Waals surface area contributed by atoms with Crippen LogP contribution in [0.5, 0.6) is 0 Å². The van der Waals surface area contributed by atoms with Crippen molar-refractivity contribution >= 4 is 10.8 Å². The molecule has 1 aromatic heterocycles. The second-order valence-corrected chi connectivity index (χ2v) is 5.18. The first-order chi connectivity index (χ1) is 8.25. The number of rotatable bonds is 4. The Morgan fingerprint density at radius 2 is 1.71 bits per heavy atom. The van der Waals surface area contributed by atoms with E-state index < -0.39 is 10.8 Å². The van der Waals surface area contributed by atoms with Gasteiger partial charge in [0.05, 0.1) is 10.8 Å². The van der Waals surface area contributed by atoms with Gasteiger partial charge in [-0.05, 0) is 48.4 Å². The Bertz CT molecular complexity index is 499. The zero-order chi connectivity index (χ0) is 12.1. The molecule has 88 valence electrons. The van der Waals surface area contributed by atoms with Gasteiger partial charge in [-0.1, -0.05) is 0 Å². The Morgan fingerprint density at radius 1 is 1.06 bits per heavy atom. The highest BCUT2D eigenvalue weighted by atomic mass is 32.2. The molecular weight excluding hydrogens is 237 g/mol. The van der Waals surface area contributed by atoms with E-state index in [1.165, 1.54) is 12.1 Å². The van der Waals surface area contributed by atoms with Gasteiger partial charge in [-0.15, -0.1) is 0 Å². The molecule has 2 rings (SSSR count). The maximum Gasteiger partial charge on any atom is 0.123 e. The van der Waals surface area contributed by atoms with Crippen LogP contribution in [0.3, 0.4) is 0 Å². The lowest BCUT2D eigenvalue weighted by molar-refractivity contribution is 0.626. The molecule has 0 aliphatic rings. The first-order valence-electron chi connectivity index (χ1n) is 5.28. The van der Waals surface area contributed by atoms with Crippen molar-refractivity contribution in [3.8, 4) is 0 Å². The van der Waals surface area contributed by atoms with Gasteiger partial charge in [0.25, 0.3) is 0 Å². The number of aryl methyl sites for hydroxylation is 1. The van der Waals surface area contributed by atoms with Gasteiger partial charge in [0.2, 0.25) is 0 Å². The van der Waals surface area contributed by atoms with Crippen LogP contribution in [0.1, 0.15) is 5.56 Å². The van der Waals surface area contributed by atoms with E-state index in [2.05, 4.69) is 4.98 Å². The molecule has 1 heterocycles. The Kier molecular flexibility index (Phi) is 3.98. The average Bonchev–Trinajstić information content (AvgIpc) is 2.38. The number of aromatic nitrogens is 1. The van der Waals surface area contributed by atoms with E-state index in [1.807, 2.05) is 12.1 Å². The summed E-state index contributed by atoms with van der Waals surface area (Å²) in [6.07, 6.45) is 4.17. The molecule has 1 aromatic carbocycles. The highest BCUT2D eigenvalue weighted by molar-refractivity contribution is 7.85. The average molecular weight is 249 g/mol. The number of hydrogen-bond donors (Lipinski definition) is 0. The monoisotopic (exact) mass is 249 g/mol. The minimum absolute atomic E-state index is 0.306. The zero-order valence-corrected chi connectivity index (χ0v) is 9.99. The molecule has 1 unspecified atom stereocenters. The number of nitrogens with zero attached hydrogens (tertiary/aromatic N) is 1. The molecule has 1 atom stereocenters. The lowest BCUT2D eigenvalue weighted by Crippen LogP contribution is -2.01. The molecule has 0 spiro atoms. The van der Waals surface area contributed by atoms with E-state index in [1.54, 1.807) is 24.5 Å². The van der Waals surface area contributed by atoms with Crippen molar-refractivity contribution < 1.29 is 8.60 Å². The number of pyridine rings is 1. The largest absolute Gasteiger partial charge is 0.265 e. The molecule has 4 heteroatoms. The topological polar surface area (TPSA) is 30.0 Å². The molecule has 0 saturated heterocycles. The summed E-state index contributed by atoms with van der Waals surface area (Å²) in [5.74, 6) is 0.232. The number of halogens is 1. The van der Waals surface area contributed by atoms with E-state index in [0.29, 0.717) is 10.6 Å². The zero-order valence-electron chi connectivity index (χ0n) is 9.17. The standard InChI is InChI=1S/C13H12FNOS/c14-12-1-3-13(4-2-12)17(16)10-7-11-5-8-15-9-6-11/h1-6,8-9H,7,10H2. The van der Waals surface area contributed by atoms with Gasteiger partial charge in [-0.3, -0.25) is 9.19 Å². The van der Waals surface area contributed by atoms with Crippen molar-refractivity contribution in [2.45, 2.75) is 11.3 Å². The van der Waals surface area contributed by atoms with Crippen molar-refractivity contribution in [1.29, 1.82) is 0 Å². The van der Waals surface area contributed by atoms with Crippen LogP contribution in [-0.2, 0) is 17.2 Å². The molecule has 2 nitrogen and oxygen atoms in total. The van der Waals surface area contributed by atoms with Crippen molar-refractivity contribution in [1.82, 2.24) is 4.98 Å². The first-order valence-corrected chi connectivity index (χ1v) is 6.60. The third kappa shape index (κ3) is 3.46. The van der Waals surface area contributed by atoms with Gasteiger partial charge in [-0.2, -0.15) is 0 Å². The SMILES string of the molecule is O=S(CCc1ccncc1)c1ccc(F)cc1. The second kappa shape index (κ2) is 5.68. The van der Waals surface area contributed by atoms with Crippen molar-refractivity contribution in [2.75, 3.05) is 5.75 Å². The molecule has 0 N–H and O–H groups in total. The molecule has 0 saturated carbocycles. The summed E-state index contributed by atoms with van der Waals surface area (Å²) in [6.45, 7) is 0. The number of hydrogen-bond acceptors (Lipinski definition) is 2. The summed E-state index contributed by atoms with van der Waals surface area (Å²) in [5, 5.41) is 0. The fourth-order valence-electron chi connectivity index (χ4n) is 1.46. The summed E-state index contributed by atoms with van der Waals surface area (Å²) in [7, 11) is -1.08. The molecule has 0 aliphatic heterocycles. The fourth-order valence-corrected chi connectivity index (χ4v) is 2.56. The summed E-state index contributed by atoms with van der Waals surface area (Å²) >= 11 is 0. The maximum atomic E-state index is 12.7. The molecule has 0 bridgehead atoms. The van der Waals surface area contributed by atoms with Crippen LogP contribution in [0.2, 0.25) is 0 Å². The Morgan fingerprint density at radius 3 is 2.35 bits per heavy atom. The van der Waals surface area contributed by atoms with Crippen LogP contribution >= 0.6 is 0 Å². The summed E-state index contributed by atoms with van der Waals surface area (Å²) in [6, 6.07) is 9.61. The van der Waals surface area contributed by atoms with E-state index >= 15 is 0 Å². The maximum absolute atomic E-state index is 12.7. The molecule has 2 aromatic rings. The first kappa shape index (κ1) is 11.9. The quantitative estimate of drug-likeness (QED) is 0.833. The van der Waals surface area contributed by atoms with Gasteiger partial charge >= 0.3 is 0 Å². The highest BCUT2D eigenvalue weighted by Gasteiger charge is 2.04. The van der Waals surface area contributed by atoms with Crippen LogP contribution in [-0.4, -0.2) is 14.9 Å². The Balaban J connectivity index is 1.96. The van der Waals surface area contributed by atoms with E-state index in [-0.39, 0.29) is 5.82 Å². The van der Waals surface area contributed by atoms with E-state index in [9.17, 15) is 8.60 Å². The summed E-state index contributed by atoms with van der Waals surface area (Å²) in [5.41, 5.74) is 1.11. The lowest BCUT2D eigenvalue weighted by Gasteiger charge is -2.02. The van der Waals surface area contributed by atoms with Crippen LogP contribution in [0.25, 0.3) is 0 Å². The van der Waals surface area contributed by atoms with Crippen LogP contribution < -0.4 is 0 Å². The van der Waals surface area contributed by atoms with Gasteiger partial charge in [0, 0.05) is 23.0 Å². The predicted molar refractivity (Wildman–Crippen MR) is 65.6 cm³/mol. The smallest absolute Gasteiger partial charge is 0.123 e. The van der Waals surface area contributed by atoms with Gasteiger partial charge < -0.3 is 0 Å². The molecule has 0 radical (unpaired) electrons. The summed E-state index contributed by atoms with van der Waals surface area (Å²) < 4.78 is 24.6. The highest BCUT2D eigenvalue weighted by Crippen LogP contribution is 2.09. The van der Waals surface area contributed by atoms with Crippen LogP contribution in [0.4, 0.5) is 4.39 Å². The van der Waals surface area contributed by atoms with Crippen molar-refractivity contribution in [3.63, 3.8) is 0 Å². The van der Waals surface area contributed by atoms with Gasteiger partial charge in [-0.25, -0.2) is 4.39 Å². The van der Waals surface area contributed by atoms with Crippen LogP contribution in [0, 0.1) is 5.82 Å². The van der Waals surface area contributed by atoms with E-state index in [0.717, 1.165) is 12.0 Å². The Labute approximate surface area is 102 Å². The van der Waals surface area contributed by atoms with Crippen LogP contribution in [0.15, 0.2) is 53.7 Å². The Hall–Kier alpha value is -1.55. The molecule has 17 heavy (non-hydrogen) atoms. The lowest BCUT2D eigenvalue weighted by atomic mass is 10.2. The van der Waals surface area contributed by atoms with Gasteiger partial charge in [0.1, 0.15) is 5.82 Å². The molecular formula is C13H12FNOS. The third-order valence-electron chi connectivity index (χ3n) is 2.40. The number of benzene rings is 1. The van der Waals surface area contributed by atoms with Gasteiger partial charge in [0.15, 0.2) is 0 Å². The van der Waals surface area contributed by atoms with E-state index in [4.69, 9.17) is 0 Å². The molecule has 0 amide bonds. The second-order valence-electron chi connectivity index (χ2n) is 3.61. The predicted octanol–water partition coefficient (Wildman–Crippen LogP) is 2.57. The third-order valence-corrected chi connectivity index (χ3v) is 3.77. The molecule has 0 aliphatic carbocycles. The summed E-state index contributed by atoms with van der Waals surface area (Å²) in [4.78, 5) is 4.59. The normalized spacial score (nSPS) is 12.3. The molecule has 0 fully saturated rings. The van der Waals surface area contributed by atoms with Crippen molar-refractivity contribution in [2.24, 2.45) is 0 Å². The van der Waals surface area contributed by atoms with Crippen molar-refractivity contribution in [3.05, 3.63) is 60.2 Å². The fraction of sp³-hybridized carbons (Fsp3) is 0.154. The minimum atomic E-state index is -1.08.